The lowest BCUT2D eigenvalue weighted by molar-refractivity contribution is 0.154. The van der Waals surface area contributed by atoms with Crippen LogP contribution in [0.25, 0.3) is 34.3 Å². The molecule has 5 N–H and O–H groups in total. The summed E-state index contributed by atoms with van der Waals surface area (Å²) in [5.74, 6) is 0.822. The molecular formula is C32H32N6OS. The van der Waals surface area contributed by atoms with Crippen molar-refractivity contribution in [2.24, 2.45) is 5.73 Å². The molecule has 0 unspecified atom stereocenters. The van der Waals surface area contributed by atoms with E-state index in [1.54, 1.807) is 11.3 Å². The summed E-state index contributed by atoms with van der Waals surface area (Å²) in [6.45, 7) is 2.06. The van der Waals surface area contributed by atoms with Crippen molar-refractivity contribution < 1.29 is 4.74 Å². The summed E-state index contributed by atoms with van der Waals surface area (Å²) in [7, 11) is 0. The van der Waals surface area contributed by atoms with Crippen molar-refractivity contribution in [3.8, 4) is 17.1 Å². The summed E-state index contributed by atoms with van der Waals surface area (Å²) in [4.78, 5) is 9.39. The van der Waals surface area contributed by atoms with Crippen LogP contribution >= 0.6 is 11.3 Å². The molecule has 0 spiro atoms. The number of pyridine rings is 1. The van der Waals surface area contributed by atoms with Gasteiger partial charge >= 0.3 is 0 Å². The van der Waals surface area contributed by atoms with Crippen LogP contribution in [-0.2, 0) is 6.42 Å². The average molecular weight is 549 g/mol. The van der Waals surface area contributed by atoms with Crippen molar-refractivity contribution in [1.82, 2.24) is 25.5 Å². The lowest BCUT2D eigenvalue weighted by Gasteiger charge is -2.23. The van der Waals surface area contributed by atoms with E-state index >= 15 is 0 Å². The molecule has 0 bridgehead atoms. The second kappa shape index (κ2) is 10.4. The first-order valence-corrected chi connectivity index (χ1v) is 14.8. The number of rotatable bonds is 5. The molecule has 1 saturated carbocycles. The molecular weight excluding hydrogens is 516 g/mol. The molecule has 1 aliphatic heterocycles. The molecule has 0 saturated heterocycles. The summed E-state index contributed by atoms with van der Waals surface area (Å²) in [5.41, 5.74) is 15.4. The number of nitrogens with one attached hydrogen (secondary N) is 3. The van der Waals surface area contributed by atoms with Crippen LogP contribution < -0.4 is 26.4 Å². The van der Waals surface area contributed by atoms with Crippen molar-refractivity contribution in [2.75, 3.05) is 0 Å². The highest BCUT2D eigenvalue weighted by Gasteiger charge is 2.21. The largest absolute Gasteiger partial charge is 0.489 e. The Hall–Kier alpha value is -4.30. The fourth-order valence-electron chi connectivity index (χ4n) is 5.82. The fourth-order valence-corrected chi connectivity index (χ4v) is 6.58. The average Bonchev–Trinajstić information content (AvgIpc) is 3.69. The number of fused-ring (bicyclic) bond motifs is 2. The molecule has 0 amide bonds. The minimum Gasteiger partial charge on any atom is -0.489 e. The Morgan fingerprint density at radius 2 is 2.00 bits per heavy atom. The highest BCUT2D eigenvalue weighted by atomic mass is 32.1. The molecule has 1 fully saturated rings. The molecule has 40 heavy (non-hydrogen) atoms. The van der Waals surface area contributed by atoms with Crippen LogP contribution in [0, 0.1) is 0 Å². The van der Waals surface area contributed by atoms with E-state index in [4.69, 9.17) is 15.6 Å². The zero-order valence-electron chi connectivity index (χ0n) is 22.5. The Bertz CT molecular complexity index is 1780. The van der Waals surface area contributed by atoms with Gasteiger partial charge in [-0.05, 0) is 68.3 Å². The Balaban J connectivity index is 1.28. The van der Waals surface area contributed by atoms with Crippen molar-refractivity contribution in [2.45, 2.75) is 51.6 Å². The van der Waals surface area contributed by atoms with E-state index < -0.39 is 0 Å². The van der Waals surface area contributed by atoms with E-state index in [1.165, 1.54) is 29.7 Å². The number of hydrogen-bond donors (Lipinski definition) is 4. The van der Waals surface area contributed by atoms with Gasteiger partial charge in [-0.3, -0.25) is 10.1 Å². The standard InChI is InChI=1S/C32H32N6OS/c1-19-31-27(13-21(17-35-19)20-12-24(18-34-16-20)39-23-6-3-2-4-7-23)32(38-37-31)29-15-26-25(30-8-5-11-40-30)10-9-22(33)14-28(26)36-29/h5,8-13,15-18,23,35-37H,2-4,6-7,14,33H2,1H3. The molecule has 4 aromatic heterocycles. The van der Waals surface area contributed by atoms with Crippen molar-refractivity contribution in [1.29, 1.82) is 0 Å². The van der Waals surface area contributed by atoms with Gasteiger partial charge in [-0.2, -0.15) is 5.10 Å². The molecule has 0 aromatic carbocycles. The van der Waals surface area contributed by atoms with Crippen LogP contribution in [0.4, 0.5) is 0 Å². The zero-order chi connectivity index (χ0) is 27.1. The predicted octanol–water partition coefficient (Wildman–Crippen LogP) is 4.96. The van der Waals surface area contributed by atoms with Crippen molar-refractivity contribution in [3.05, 3.63) is 98.4 Å². The minimum atomic E-state index is 0.277. The first kappa shape index (κ1) is 24.7. The fraction of sp³-hybridized carbons (Fsp3) is 0.250. The number of aromatic nitrogens is 4. The van der Waals surface area contributed by atoms with E-state index in [-0.39, 0.29) is 6.10 Å². The number of allylic oxidation sites excluding steroid dienone is 4. The monoisotopic (exact) mass is 548 g/mol. The van der Waals surface area contributed by atoms with E-state index in [0.717, 1.165) is 74.3 Å². The minimum absolute atomic E-state index is 0.277. The summed E-state index contributed by atoms with van der Waals surface area (Å²) >= 11 is 1.73. The van der Waals surface area contributed by atoms with Crippen LogP contribution in [0.15, 0.2) is 66.1 Å². The Morgan fingerprint density at radius 3 is 2.85 bits per heavy atom. The number of ether oxygens (including phenoxy) is 1. The van der Waals surface area contributed by atoms with Crippen LogP contribution in [0.2, 0.25) is 0 Å². The summed E-state index contributed by atoms with van der Waals surface area (Å²) in [6.07, 6.45) is 19.0. The van der Waals surface area contributed by atoms with E-state index in [0.29, 0.717) is 6.42 Å². The van der Waals surface area contributed by atoms with Gasteiger partial charge in [0.2, 0.25) is 0 Å². The summed E-state index contributed by atoms with van der Waals surface area (Å²) in [6, 6.07) is 8.53. The SMILES string of the molecule is CC1=c2[nH]nc(-c3cc4c([nH]3)CC(N)=CC=C4c3cccs3)c2=CC(c2cncc(OC3CCCCC3)c2)=CN1. The molecule has 4 aromatic rings. The van der Waals surface area contributed by atoms with Crippen LogP contribution in [0.5, 0.6) is 5.75 Å². The van der Waals surface area contributed by atoms with Gasteiger partial charge in [0, 0.05) is 68.3 Å². The third kappa shape index (κ3) is 4.69. The first-order chi connectivity index (χ1) is 19.6. The first-order valence-electron chi connectivity index (χ1n) is 13.9. The van der Waals surface area contributed by atoms with Crippen molar-refractivity contribution in [3.63, 3.8) is 0 Å². The molecule has 0 radical (unpaired) electrons. The molecule has 0 atom stereocenters. The molecule has 202 valence electrons. The third-order valence-electron chi connectivity index (χ3n) is 7.90. The van der Waals surface area contributed by atoms with E-state index in [9.17, 15) is 0 Å². The Morgan fingerprint density at radius 1 is 1.10 bits per heavy atom. The normalized spacial score (nSPS) is 17.3. The van der Waals surface area contributed by atoms with Crippen LogP contribution in [-0.4, -0.2) is 26.3 Å². The smallest absolute Gasteiger partial charge is 0.138 e. The third-order valence-corrected chi connectivity index (χ3v) is 8.80. The van der Waals surface area contributed by atoms with Gasteiger partial charge in [0.15, 0.2) is 0 Å². The zero-order valence-corrected chi connectivity index (χ0v) is 23.3. The predicted molar refractivity (Wildman–Crippen MR) is 161 cm³/mol. The highest BCUT2D eigenvalue weighted by Crippen LogP contribution is 2.34. The lowest BCUT2D eigenvalue weighted by Crippen LogP contribution is -2.28. The van der Waals surface area contributed by atoms with Crippen LogP contribution in [0.3, 0.4) is 0 Å². The van der Waals surface area contributed by atoms with Gasteiger partial charge in [-0.25, -0.2) is 0 Å². The number of nitrogens with zero attached hydrogens (tertiary/aromatic N) is 2. The molecule has 5 heterocycles. The Labute approximate surface area is 236 Å². The van der Waals surface area contributed by atoms with Gasteiger partial charge in [-0.1, -0.05) is 18.6 Å². The van der Waals surface area contributed by atoms with Gasteiger partial charge in [0.05, 0.1) is 23.3 Å². The maximum absolute atomic E-state index is 6.33. The molecule has 3 aliphatic rings. The number of H-pyrrole nitrogens is 2. The maximum atomic E-state index is 6.33. The van der Waals surface area contributed by atoms with Crippen LogP contribution in [0.1, 0.15) is 60.7 Å². The summed E-state index contributed by atoms with van der Waals surface area (Å²) in [5, 5.41) is 15.6. The van der Waals surface area contributed by atoms with Gasteiger partial charge in [0.25, 0.3) is 0 Å². The molecule has 7 rings (SSSR count). The maximum Gasteiger partial charge on any atom is 0.138 e. The van der Waals surface area contributed by atoms with Gasteiger partial charge in [-0.15, -0.1) is 11.3 Å². The number of aromatic amines is 2. The highest BCUT2D eigenvalue weighted by molar-refractivity contribution is 7.11. The molecule has 2 aliphatic carbocycles. The lowest BCUT2D eigenvalue weighted by atomic mass is 9.98. The number of thiophene rings is 1. The number of nitrogens with two attached hydrogens (primary N) is 1. The second-order valence-corrected chi connectivity index (χ2v) is 11.7. The van der Waals surface area contributed by atoms with Gasteiger partial charge in [0.1, 0.15) is 11.4 Å². The van der Waals surface area contributed by atoms with E-state index in [2.05, 4.69) is 69.1 Å². The second-order valence-electron chi connectivity index (χ2n) is 10.7. The van der Waals surface area contributed by atoms with E-state index in [1.807, 2.05) is 24.7 Å². The Kier molecular flexibility index (Phi) is 6.40. The number of hydrogen-bond acceptors (Lipinski definition) is 6. The topological polar surface area (TPSA) is 105 Å². The molecule has 7 nitrogen and oxygen atoms in total. The van der Waals surface area contributed by atoms with Crippen molar-refractivity contribution >= 4 is 34.3 Å². The molecule has 8 heteroatoms. The summed E-state index contributed by atoms with van der Waals surface area (Å²) < 4.78 is 6.32. The van der Waals surface area contributed by atoms with Gasteiger partial charge < -0.3 is 20.8 Å². The quantitative estimate of drug-likeness (QED) is 0.282.